The largest absolute Gasteiger partial charge is 0.512 e. The van der Waals surface area contributed by atoms with Crippen LogP contribution in [0.3, 0.4) is 0 Å². The van der Waals surface area contributed by atoms with Crippen molar-refractivity contribution >= 4 is 11.8 Å². The molecule has 2 heteroatoms. The highest BCUT2D eigenvalue weighted by atomic mass is 32.2. The average Bonchev–Trinajstić information content (AvgIpc) is 2.02. The van der Waals surface area contributed by atoms with Crippen molar-refractivity contribution in [1.82, 2.24) is 0 Å². The van der Waals surface area contributed by atoms with Gasteiger partial charge in [-0.05, 0) is 12.2 Å². The lowest BCUT2D eigenvalue weighted by atomic mass is 10.2. The van der Waals surface area contributed by atoms with Crippen molar-refractivity contribution in [2.75, 3.05) is 11.5 Å². The second kappa shape index (κ2) is 8.98. The third-order valence-corrected chi connectivity index (χ3v) is 2.78. The van der Waals surface area contributed by atoms with E-state index in [-0.39, 0.29) is 0 Å². The summed E-state index contributed by atoms with van der Waals surface area (Å²) < 4.78 is 0. The maximum atomic E-state index is 8.78. The Hall–Kier alpha value is -0.110. The van der Waals surface area contributed by atoms with E-state index in [1.807, 2.05) is 0 Å². The Bertz CT molecular complexity index is 112. The van der Waals surface area contributed by atoms with E-state index in [1.54, 1.807) is 11.8 Å². The number of thioether (sulfide) groups is 1. The first-order chi connectivity index (χ1) is 5.77. The minimum Gasteiger partial charge on any atom is -0.512 e. The van der Waals surface area contributed by atoms with Crippen molar-refractivity contribution in [3.63, 3.8) is 0 Å². The van der Waals surface area contributed by atoms with Gasteiger partial charge < -0.3 is 5.11 Å². The van der Waals surface area contributed by atoms with Crippen molar-refractivity contribution in [3.8, 4) is 0 Å². The Morgan fingerprint density at radius 3 is 2.50 bits per heavy atom. The van der Waals surface area contributed by atoms with Crippen LogP contribution in [0, 0.1) is 0 Å². The fraction of sp³-hybridized carbons (Fsp3) is 0.800. The van der Waals surface area contributed by atoms with Crippen molar-refractivity contribution in [2.24, 2.45) is 0 Å². The van der Waals surface area contributed by atoms with Crippen LogP contribution in [0.25, 0.3) is 0 Å². The van der Waals surface area contributed by atoms with Gasteiger partial charge in [-0.1, -0.05) is 39.2 Å². The summed E-state index contributed by atoms with van der Waals surface area (Å²) >= 11 is 1.77. The first-order valence-corrected chi connectivity index (χ1v) is 5.87. The van der Waals surface area contributed by atoms with Crippen LogP contribution in [0.15, 0.2) is 12.3 Å². The van der Waals surface area contributed by atoms with Crippen LogP contribution in [0.2, 0.25) is 0 Å². The molecule has 0 spiro atoms. The third-order valence-electron chi connectivity index (χ3n) is 1.66. The summed E-state index contributed by atoms with van der Waals surface area (Å²) in [6.07, 6.45) is 6.63. The quantitative estimate of drug-likeness (QED) is 0.462. The normalized spacial score (nSPS) is 10.1. The minimum atomic E-state index is 0.300. The van der Waals surface area contributed by atoms with Gasteiger partial charge in [-0.2, -0.15) is 11.8 Å². The average molecular weight is 188 g/mol. The molecule has 0 amide bonds. The second-order valence-electron chi connectivity index (χ2n) is 3.03. The van der Waals surface area contributed by atoms with E-state index in [0.29, 0.717) is 11.5 Å². The fourth-order valence-electron chi connectivity index (χ4n) is 0.998. The van der Waals surface area contributed by atoms with Crippen LogP contribution in [-0.4, -0.2) is 16.6 Å². The Morgan fingerprint density at radius 1 is 1.25 bits per heavy atom. The molecule has 0 rings (SSSR count). The predicted octanol–water partition coefficient (Wildman–Crippen LogP) is 3.76. The molecule has 12 heavy (non-hydrogen) atoms. The zero-order valence-corrected chi connectivity index (χ0v) is 8.83. The first-order valence-electron chi connectivity index (χ1n) is 4.72. The van der Waals surface area contributed by atoms with Gasteiger partial charge in [0.1, 0.15) is 0 Å². The summed E-state index contributed by atoms with van der Waals surface area (Å²) in [5.74, 6) is 2.16. The van der Waals surface area contributed by atoms with Gasteiger partial charge >= 0.3 is 0 Å². The molecule has 0 aliphatic carbocycles. The molecule has 0 saturated carbocycles. The van der Waals surface area contributed by atoms with E-state index in [4.69, 9.17) is 5.11 Å². The minimum absolute atomic E-state index is 0.300. The third kappa shape index (κ3) is 9.89. The maximum absolute atomic E-state index is 8.78. The smallest absolute Gasteiger partial charge is 0.0949 e. The van der Waals surface area contributed by atoms with Crippen LogP contribution in [0.4, 0.5) is 0 Å². The molecule has 0 unspecified atom stereocenters. The van der Waals surface area contributed by atoms with Crippen molar-refractivity contribution in [3.05, 3.63) is 12.3 Å². The zero-order valence-electron chi connectivity index (χ0n) is 8.01. The first kappa shape index (κ1) is 11.9. The van der Waals surface area contributed by atoms with Crippen LogP contribution in [0.5, 0.6) is 0 Å². The van der Waals surface area contributed by atoms with Gasteiger partial charge in [0.05, 0.1) is 11.5 Å². The molecule has 1 nitrogen and oxygen atoms in total. The standard InChI is InChI=1S/C10H20OS/c1-3-4-5-6-7-8-12-9-10(2)11/h11H,2-9H2,1H3. The van der Waals surface area contributed by atoms with Crippen molar-refractivity contribution < 1.29 is 5.11 Å². The molecule has 0 radical (unpaired) electrons. The number of hydrogen-bond acceptors (Lipinski definition) is 2. The van der Waals surface area contributed by atoms with Gasteiger partial charge in [0.15, 0.2) is 0 Å². The number of unbranched alkanes of at least 4 members (excludes halogenated alkanes) is 4. The number of aliphatic hydroxyl groups is 1. The summed E-state index contributed by atoms with van der Waals surface area (Å²) in [6, 6.07) is 0. The molecule has 0 aromatic carbocycles. The second-order valence-corrected chi connectivity index (χ2v) is 4.14. The van der Waals surface area contributed by atoms with E-state index >= 15 is 0 Å². The molecule has 0 aliphatic rings. The lowest BCUT2D eigenvalue weighted by molar-refractivity contribution is 0.420. The molecule has 0 fully saturated rings. The monoisotopic (exact) mass is 188 g/mol. The zero-order chi connectivity index (χ0) is 9.23. The van der Waals surface area contributed by atoms with E-state index in [0.717, 1.165) is 5.75 Å². The molecule has 0 atom stereocenters. The highest BCUT2D eigenvalue weighted by Gasteiger charge is 1.91. The molecule has 0 bridgehead atoms. The van der Waals surface area contributed by atoms with E-state index < -0.39 is 0 Å². The number of rotatable bonds is 8. The Balaban J connectivity index is 2.86. The van der Waals surface area contributed by atoms with Gasteiger partial charge in [-0.15, -0.1) is 0 Å². The van der Waals surface area contributed by atoms with Crippen LogP contribution >= 0.6 is 11.8 Å². The highest BCUT2D eigenvalue weighted by Crippen LogP contribution is 2.10. The van der Waals surface area contributed by atoms with Gasteiger partial charge in [0.25, 0.3) is 0 Å². The molecular formula is C10H20OS. The predicted molar refractivity (Wildman–Crippen MR) is 57.9 cm³/mol. The van der Waals surface area contributed by atoms with E-state index in [9.17, 15) is 0 Å². The van der Waals surface area contributed by atoms with E-state index in [2.05, 4.69) is 13.5 Å². The maximum Gasteiger partial charge on any atom is 0.0949 e. The molecule has 0 aliphatic heterocycles. The van der Waals surface area contributed by atoms with Crippen LogP contribution in [-0.2, 0) is 0 Å². The van der Waals surface area contributed by atoms with Crippen molar-refractivity contribution in [1.29, 1.82) is 0 Å². The van der Waals surface area contributed by atoms with Crippen LogP contribution in [0.1, 0.15) is 39.0 Å². The van der Waals surface area contributed by atoms with Crippen LogP contribution < -0.4 is 0 Å². The van der Waals surface area contributed by atoms with E-state index in [1.165, 1.54) is 32.1 Å². The number of aliphatic hydroxyl groups excluding tert-OH is 1. The summed E-state index contributed by atoms with van der Waals surface area (Å²) in [7, 11) is 0. The molecule has 0 saturated heterocycles. The molecule has 0 aromatic heterocycles. The highest BCUT2D eigenvalue weighted by molar-refractivity contribution is 7.99. The fourth-order valence-corrected chi connectivity index (χ4v) is 1.79. The molecule has 1 N–H and O–H groups in total. The lowest BCUT2D eigenvalue weighted by Crippen LogP contribution is -1.86. The van der Waals surface area contributed by atoms with Gasteiger partial charge in [-0.25, -0.2) is 0 Å². The van der Waals surface area contributed by atoms with Gasteiger partial charge in [0, 0.05) is 0 Å². The van der Waals surface area contributed by atoms with Gasteiger partial charge in [-0.3, -0.25) is 0 Å². The lowest BCUT2D eigenvalue weighted by Gasteiger charge is -2.00. The van der Waals surface area contributed by atoms with Crippen molar-refractivity contribution in [2.45, 2.75) is 39.0 Å². The Morgan fingerprint density at radius 2 is 1.92 bits per heavy atom. The molecule has 0 aromatic rings. The summed E-state index contributed by atoms with van der Waals surface area (Å²) in [5, 5.41) is 8.78. The summed E-state index contributed by atoms with van der Waals surface area (Å²) in [6.45, 7) is 5.66. The number of hydrogen-bond donors (Lipinski definition) is 1. The Labute approximate surface area is 80.3 Å². The topological polar surface area (TPSA) is 20.2 Å². The Kier molecular flexibility index (Phi) is 8.90. The summed E-state index contributed by atoms with van der Waals surface area (Å²) in [5.41, 5.74) is 0. The molecular weight excluding hydrogens is 168 g/mol. The van der Waals surface area contributed by atoms with Gasteiger partial charge in [0.2, 0.25) is 0 Å². The molecule has 0 heterocycles. The molecule has 72 valence electrons. The SMILES string of the molecule is C=C(O)CSCCCCCCC. The summed E-state index contributed by atoms with van der Waals surface area (Å²) in [4.78, 5) is 0.